The average molecular weight is 356 g/mol. The maximum atomic E-state index is 5.77. The SMILES string of the molecule is CC(C)(C)NC(N)=NCCN1CCOCC1.I. The van der Waals surface area contributed by atoms with Crippen molar-refractivity contribution in [3.05, 3.63) is 0 Å². The number of hydrogen-bond donors (Lipinski definition) is 2. The molecule has 0 aromatic carbocycles. The number of ether oxygens (including phenoxy) is 1. The number of guanidine groups is 1. The van der Waals surface area contributed by atoms with Crippen LogP contribution in [-0.4, -0.2) is 55.8 Å². The molecule has 0 radical (unpaired) electrons. The average Bonchev–Trinajstić information content (AvgIpc) is 2.16. The molecular weight excluding hydrogens is 331 g/mol. The summed E-state index contributed by atoms with van der Waals surface area (Å²) in [6.45, 7) is 11.6. The topological polar surface area (TPSA) is 62.9 Å². The minimum atomic E-state index is -0.0213. The van der Waals surface area contributed by atoms with E-state index in [2.05, 4.69) is 36.0 Å². The van der Waals surface area contributed by atoms with Crippen LogP contribution in [0.15, 0.2) is 4.99 Å². The van der Waals surface area contributed by atoms with Crippen LogP contribution in [0.5, 0.6) is 0 Å². The number of aliphatic imine (C=N–C) groups is 1. The van der Waals surface area contributed by atoms with Gasteiger partial charge in [-0.05, 0) is 20.8 Å². The Morgan fingerprint density at radius 2 is 1.94 bits per heavy atom. The smallest absolute Gasteiger partial charge is 0.189 e. The number of nitrogens with zero attached hydrogens (tertiary/aromatic N) is 2. The van der Waals surface area contributed by atoms with Gasteiger partial charge in [-0.15, -0.1) is 24.0 Å². The third-order valence-corrected chi connectivity index (χ3v) is 2.31. The lowest BCUT2D eigenvalue weighted by Crippen LogP contribution is -2.45. The van der Waals surface area contributed by atoms with Crippen molar-refractivity contribution in [1.29, 1.82) is 0 Å². The molecule has 1 aliphatic rings. The molecule has 0 spiro atoms. The fourth-order valence-corrected chi connectivity index (χ4v) is 1.56. The lowest BCUT2D eigenvalue weighted by molar-refractivity contribution is 0.0394. The van der Waals surface area contributed by atoms with Crippen LogP contribution in [0.25, 0.3) is 0 Å². The van der Waals surface area contributed by atoms with Crippen molar-refractivity contribution in [2.45, 2.75) is 26.3 Å². The number of rotatable bonds is 3. The van der Waals surface area contributed by atoms with Crippen LogP contribution in [0.3, 0.4) is 0 Å². The molecule has 0 unspecified atom stereocenters. The lowest BCUT2D eigenvalue weighted by atomic mass is 10.1. The van der Waals surface area contributed by atoms with Gasteiger partial charge in [0.2, 0.25) is 0 Å². The standard InChI is InChI=1S/C11H24N4O.HI/c1-11(2,3)14-10(12)13-4-5-15-6-8-16-9-7-15;/h4-9H2,1-3H3,(H3,12,13,14);1H. The zero-order valence-corrected chi connectivity index (χ0v) is 13.4. The number of hydrogen-bond acceptors (Lipinski definition) is 3. The molecule has 6 heteroatoms. The lowest BCUT2D eigenvalue weighted by Gasteiger charge is -2.26. The third kappa shape index (κ3) is 8.62. The predicted octanol–water partition coefficient (Wildman–Crippen LogP) is 0.639. The highest BCUT2D eigenvalue weighted by atomic mass is 127. The van der Waals surface area contributed by atoms with E-state index in [4.69, 9.17) is 10.5 Å². The van der Waals surface area contributed by atoms with Gasteiger partial charge in [-0.3, -0.25) is 9.89 Å². The van der Waals surface area contributed by atoms with Crippen LogP contribution in [0.1, 0.15) is 20.8 Å². The summed E-state index contributed by atoms with van der Waals surface area (Å²) in [5, 5.41) is 3.14. The molecular formula is C11H25IN4O. The van der Waals surface area contributed by atoms with E-state index in [9.17, 15) is 0 Å². The number of halogens is 1. The summed E-state index contributed by atoms with van der Waals surface area (Å²) >= 11 is 0. The van der Waals surface area contributed by atoms with Crippen LogP contribution >= 0.6 is 24.0 Å². The van der Waals surface area contributed by atoms with Crippen LogP contribution in [0.2, 0.25) is 0 Å². The second kappa shape index (κ2) is 8.10. The Morgan fingerprint density at radius 1 is 1.35 bits per heavy atom. The minimum Gasteiger partial charge on any atom is -0.379 e. The second-order valence-electron chi connectivity index (χ2n) is 5.10. The van der Waals surface area contributed by atoms with Crippen molar-refractivity contribution in [2.24, 2.45) is 10.7 Å². The predicted molar refractivity (Wildman–Crippen MR) is 82.1 cm³/mol. The summed E-state index contributed by atoms with van der Waals surface area (Å²) in [7, 11) is 0. The molecule has 1 aliphatic heterocycles. The number of nitrogens with two attached hydrogens (primary N) is 1. The van der Waals surface area contributed by atoms with E-state index in [0.29, 0.717) is 5.96 Å². The zero-order chi connectivity index (χ0) is 12.0. The van der Waals surface area contributed by atoms with Gasteiger partial charge in [0, 0.05) is 25.2 Å². The van der Waals surface area contributed by atoms with Crippen LogP contribution in [-0.2, 0) is 4.74 Å². The third-order valence-electron chi connectivity index (χ3n) is 2.31. The normalized spacial score (nSPS) is 18.6. The molecule has 0 amide bonds. The van der Waals surface area contributed by atoms with Gasteiger partial charge in [0.25, 0.3) is 0 Å². The van der Waals surface area contributed by atoms with Gasteiger partial charge >= 0.3 is 0 Å². The van der Waals surface area contributed by atoms with Gasteiger partial charge in [0.1, 0.15) is 0 Å². The number of morpholine rings is 1. The Kier molecular flexibility index (Phi) is 8.06. The molecule has 0 aromatic heterocycles. The monoisotopic (exact) mass is 356 g/mol. The number of nitrogens with one attached hydrogen (secondary N) is 1. The van der Waals surface area contributed by atoms with Gasteiger partial charge < -0.3 is 15.8 Å². The molecule has 17 heavy (non-hydrogen) atoms. The first kappa shape index (κ1) is 16.9. The Balaban J connectivity index is 0.00000256. The molecule has 1 rings (SSSR count). The highest BCUT2D eigenvalue weighted by molar-refractivity contribution is 14.0. The van der Waals surface area contributed by atoms with Crippen molar-refractivity contribution < 1.29 is 4.74 Å². The van der Waals surface area contributed by atoms with E-state index >= 15 is 0 Å². The highest BCUT2D eigenvalue weighted by Gasteiger charge is 2.11. The van der Waals surface area contributed by atoms with Crippen molar-refractivity contribution in [3.63, 3.8) is 0 Å². The van der Waals surface area contributed by atoms with E-state index in [1.165, 1.54) is 0 Å². The highest BCUT2D eigenvalue weighted by Crippen LogP contribution is 1.98. The van der Waals surface area contributed by atoms with Crippen molar-refractivity contribution in [3.8, 4) is 0 Å². The summed E-state index contributed by atoms with van der Waals surface area (Å²) in [5.41, 5.74) is 5.75. The first-order valence-corrected chi connectivity index (χ1v) is 5.85. The largest absolute Gasteiger partial charge is 0.379 e. The molecule has 0 bridgehead atoms. The van der Waals surface area contributed by atoms with Crippen LogP contribution < -0.4 is 11.1 Å². The fourth-order valence-electron chi connectivity index (χ4n) is 1.56. The molecule has 102 valence electrons. The van der Waals surface area contributed by atoms with E-state index < -0.39 is 0 Å². The summed E-state index contributed by atoms with van der Waals surface area (Å²) in [6, 6.07) is 0. The van der Waals surface area contributed by atoms with Crippen molar-refractivity contribution >= 4 is 29.9 Å². The van der Waals surface area contributed by atoms with Gasteiger partial charge in [-0.25, -0.2) is 0 Å². The maximum Gasteiger partial charge on any atom is 0.189 e. The van der Waals surface area contributed by atoms with Gasteiger partial charge in [-0.2, -0.15) is 0 Å². The Morgan fingerprint density at radius 3 is 2.47 bits per heavy atom. The molecule has 0 aliphatic carbocycles. The Labute approximate surface area is 121 Å². The fraction of sp³-hybridized carbons (Fsp3) is 0.909. The molecule has 5 nitrogen and oxygen atoms in total. The molecule has 3 N–H and O–H groups in total. The van der Waals surface area contributed by atoms with Crippen LogP contribution in [0.4, 0.5) is 0 Å². The summed E-state index contributed by atoms with van der Waals surface area (Å²) in [5.74, 6) is 0.528. The minimum absolute atomic E-state index is 0. The first-order valence-electron chi connectivity index (χ1n) is 5.85. The molecule has 0 saturated carbocycles. The van der Waals surface area contributed by atoms with Crippen molar-refractivity contribution in [2.75, 3.05) is 39.4 Å². The zero-order valence-electron chi connectivity index (χ0n) is 11.0. The second-order valence-corrected chi connectivity index (χ2v) is 5.10. The molecule has 1 heterocycles. The maximum absolute atomic E-state index is 5.77. The van der Waals surface area contributed by atoms with E-state index in [1.807, 2.05) is 0 Å². The summed E-state index contributed by atoms with van der Waals surface area (Å²) < 4.78 is 5.28. The molecule has 1 saturated heterocycles. The van der Waals surface area contributed by atoms with Gasteiger partial charge in [0.05, 0.1) is 19.8 Å². The first-order chi connectivity index (χ1) is 7.47. The molecule has 1 fully saturated rings. The Hall–Kier alpha value is -0.0800. The summed E-state index contributed by atoms with van der Waals surface area (Å²) in [6.07, 6.45) is 0. The van der Waals surface area contributed by atoms with Crippen LogP contribution in [0, 0.1) is 0 Å². The van der Waals surface area contributed by atoms with E-state index in [0.717, 1.165) is 39.4 Å². The van der Waals surface area contributed by atoms with Gasteiger partial charge in [0.15, 0.2) is 5.96 Å². The quantitative estimate of drug-likeness (QED) is 0.443. The van der Waals surface area contributed by atoms with E-state index in [1.54, 1.807) is 0 Å². The molecule has 0 aromatic rings. The van der Waals surface area contributed by atoms with Crippen molar-refractivity contribution in [1.82, 2.24) is 10.2 Å². The van der Waals surface area contributed by atoms with E-state index in [-0.39, 0.29) is 29.5 Å². The van der Waals surface area contributed by atoms with Gasteiger partial charge in [-0.1, -0.05) is 0 Å². The Bertz CT molecular complexity index is 234. The molecule has 0 atom stereocenters. The summed E-state index contributed by atoms with van der Waals surface area (Å²) in [4.78, 5) is 6.65.